The van der Waals surface area contributed by atoms with E-state index in [1.165, 1.54) is 5.56 Å². The molecule has 6 nitrogen and oxygen atoms in total. The Labute approximate surface area is 163 Å². The quantitative estimate of drug-likeness (QED) is 0.593. The van der Waals surface area contributed by atoms with Crippen LogP contribution in [0.3, 0.4) is 0 Å². The van der Waals surface area contributed by atoms with E-state index in [2.05, 4.69) is 33.8 Å². The second kappa shape index (κ2) is 10.2. The van der Waals surface area contributed by atoms with Gasteiger partial charge in [0.15, 0.2) is 5.96 Å². The molecule has 1 fully saturated rings. The largest absolute Gasteiger partial charge is 0.496 e. The van der Waals surface area contributed by atoms with Crippen molar-refractivity contribution in [1.82, 2.24) is 15.5 Å². The molecule has 2 rings (SSSR count). The highest BCUT2D eigenvalue weighted by atomic mass is 16.5. The molecule has 1 heterocycles. The lowest BCUT2D eigenvalue weighted by Crippen LogP contribution is -2.50. The Bertz CT molecular complexity index is 650. The summed E-state index contributed by atoms with van der Waals surface area (Å²) >= 11 is 0. The summed E-state index contributed by atoms with van der Waals surface area (Å²) in [6.07, 6.45) is 2.81. The van der Waals surface area contributed by atoms with Gasteiger partial charge in [-0.05, 0) is 43.4 Å². The van der Waals surface area contributed by atoms with Crippen LogP contribution in [0.15, 0.2) is 23.2 Å². The molecule has 0 saturated carbocycles. The van der Waals surface area contributed by atoms with E-state index in [0.29, 0.717) is 6.04 Å². The molecule has 2 N–H and O–H groups in total. The lowest BCUT2D eigenvalue weighted by atomic mass is 10.0. The van der Waals surface area contributed by atoms with Crippen molar-refractivity contribution in [2.45, 2.75) is 46.1 Å². The van der Waals surface area contributed by atoms with Gasteiger partial charge in [0.05, 0.1) is 7.11 Å². The van der Waals surface area contributed by atoms with Gasteiger partial charge in [-0.15, -0.1) is 0 Å². The van der Waals surface area contributed by atoms with Gasteiger partial charge >= 0.3 is 0 Å². The molecular formula is C21H34N4O2. The number of piperidine rings is 1. The first-order chi connectivity index (χ1) is 12.9. The van der Waals surface area contributed by atoms with Crippen molar-refractivity contribution >= 4 is 11.9 Å². The Hall–Kier alpha value is -2.24. The number of guanidine groups is 1. The summed E-state index contributed by atoms with van der Waals surface area (Å²) in [5, 5.41) is 6.88. The van der Waals surface area contributed by atoms with Crippen molar-refractivity contribution in [1.29, 1.82) is 0 Å². The highest BCUT2D eigenvalue weighted by molar-refractivity contribution is 5.80. The highest BCUT2D eigenvalue weighted by Gasteiger charge is 2.24. The normalized spacial score (nSPS) is 15.8. The van der Waals surface area contributed by atoms with Crippen LogP contribution >= 0.6 is 0 Å². The number of methoxy groups -OCH3 is 1. The third-order valence-corrected chi connectivity index (χ3v) is 5.04. The van der Waals surface area contributed by atoms with Gasteiger partial charge in [0.2, 0.25) is 5.91 Å². The molecule has 0 aromatic heterocycles. The number of likely N-dealkylation sites (tertiary alicyclic amines) is 1. The number of benzene rings is 1. The average Bonchev–Trinajstić information content (AvgIpc) is 2.68. The smallest absolute Gasteiger partial charge is 0.225 e. The Morgan fingerprint density at radius 2 is 2.04 bits per heavy atom. The second-order valence-corrected chi connectivity index (χ2v) is 7.45. The summed E-state index contributed by atoms with van der Waals surface area (Å²) in [6.45, 7) is 8.40. The number of nitrogens with one attached hydrogen (secondary N) is 2. The Morgan fingerprint density at radius 1 is 1.33 bits per heavy atom. The number of amides is 1. The van der Waals surface area contributed by atoms with Crippen LogP contribution < -0.4 is 15.4 Å². The van der Waals surface area contributed by atoms with Gasteiger partial charge in [0, 0.05) is 38.6 Å². The van der Waals surface area contributed by atoms with Gasteiger partial charge in [-0.25, -0.2) is 0 Å². The summed E-state index contributed by atoms with van der Waals surface area (Å²) in [5.41, 5.74) is 2.38. The predicted octanol–water partition coefficient (Wildman–Crippen LogP) is 2.36. The van der Waals surface area contributed by atoms with Crippen LogP contribution in [0.5, 0.6) is 5.75 Å². The van der Waals surface area contributed by atoms with Crippen LogP contribution in [0.2, 0.25) is 0 Å². The standard InChI is InChI=1S/C21H34N4O2/c1-15(2)20(26)25-12-9-18(10-13-25)24-21(22-4)23-11-8-17-7-6-16(3)19(14-17)27-5/h6-7,14-15,18H,8-13H2,1-5H3,(H2,22,23,24). The van der Waals surface area contributed by atoms with E-state index in [1.807, 2.05) is 25.7 Å². The fourth-order valence-corrected chi connectivity index (χ4v) is 3.34. The molecule has 27 heavy (non-hydrogen) atoms. The van der Waals surface area contributed by atoms with Crippen LogP contribution in [-0.2, 0) is 11.2 Å². The molecule has 1 aliphatic rings. The molecule has 0 unspecified atom stereocenters. The Balaban J connectivity index is 1.76. The van der Waals surface area contributed by atoms with E-state index < -0.39 is 0 Å². The van der Waals surface area contributed by atoms with Crippen LogP contribution in [0.25, 0.3) is 0 Å². The van der Waals surface area contributed by atoms with Crippen LogP contribution in [0.1, 0.15) is 37.8 Å². The van der Waals surface area contributed by atoms with Gasteiger partial charge in [0.25, 0.3) is 0 Å². The number of aliphatic imine (C=N–C) groups is 1. The summed E-state index contributed by atoms with van der Waals surface area (Å²) in [7, 11) is 3.50. The fraction of sp³-hybridized carbons (Fsp3) is 0.619. The Morgan fingerprint density at radius 3 is 2.63 bits per heavy atom. The molecule has 150 valence electrons. The zero-order valence-corrected chi connectivity index (χ0v) is 17.3. The number of hydrogen-bond donors (Lipinski definition) is 2. The molecule has 1 saturated heterocycles. The SMILES string of the molecule is CN=C(NCCc1ccc(C)c(OC)c1)NC1CCN(C(=O)C(C)C)CC1. The molecule has 1 aromatic carbocycles. The van der Waals surface area contributed by atoms with E-state index in [9.17, 15) is 4.79 Å². The van der Waals surface area contributed by atoms with Crippen molar-refractivity contribution in [2.24, 2.45) is 10.9 Å². The summed E-state index contributed by atoms with van der Waals surface area (Å²) < 4.78 is 5.39. The van der Waals surface area contributed by atoms with Gasteiger partial charge < -0.3 is 20.3 Å². The number of ether oxygens (including phenoxy) is 1. The van der Waals surface area contributed by atoms with Crippen molar-refractivity contribution < 1.29 is 9.53 Å². The number of hydrogen-bond acceptors (Lipinski definition) is 3. The van der Waals surface area contributed by atoms with Crippen molar-refractivity contribution in [2.75, 3.05) is 33.8 Å². The first-order valence-electron chi connectivity index (χ1n) is 9.84. The fourth-order valence-electron chi connectivity index (χ4n) is 3.34. The number of aryl methyl sites for hydroxylation is 1. The third-order valence-electron chi connectivity index (χ3n) is 5.04. The van der Waals surface area contributed by atoms with E-state index in [0.717, 1.165) is 56.2 Å². The maximum Gasteiger partial charge on any atom is 0.225 e. The van der Waals surface area contributed by atoms with Crippen LogP contribution in [0.4, 0.5) is 0 Å². The average molecular weight is 375 g/mol. The van der Waals surface area contributed by atoms with Crippen LogP contribution in [0, 0.1) is 12.8 Å². The Kier molecular flexibility index (Phi) is 7.95. The van der Waals surface area contributed by atoms with Gasteiger partial charge in [-0.1, -0.05) is 26.0 Å². The molecule has 0 bridgehead atoms. The summed E-state index contributed by atoms with van der Waals surface area (Å²) in [5.74, 6) is 2.08. The minimum absolute atomic E-state index is 0.0735. The van der Waals surface area contributed by atoms with E-state index >= 15 is 0 Å². The zero-order valence-electron chi connectivity index (χ0n) is 17.3. The minimum atomic E-state index is 0.0735. The molecule has 1 amide bonds. The number of carbonyl (C=O) groups excluding carboxylic acids is 1. The zero-order chi connectivity index (χ0) is 19.8. The summed E-state index contributed by atoms with van der Waals surface area (Å²) in [6, 6.07) is 6.67. The van der Waals surface area contributed by atoms with E-state index in [-0.39, 0.29) is 11.8 Å². The number of rotatable bonds is 6. The van der Waals surface area contributed by atoms with Crippen molar-refractivity contribution in [3.63, 3.8) is 0 Å². The van der Waals surface area contributed by atoms with Crippen LogP contribution in [-0.4, -0.2) is 56.6 Å². The van der Waals surface area contributed by atoms with Gasteiger partial charge in [-0.3, -0.25) is 9.79 Å². The van der Waals surface area contributed by atoms with Gasteiger partial charge in [0.1, 0.15) is 5.75 Å². The maximum atomic E-state index is 12.1. The molecule has 0 atom stereocenters. The van der Waals surface area contributed by atoms with Gasteiger partial charge in [-0.2, -0.15) is 0 Å². The maximum absolute atomic E-state index is 12.1. The predicted molar refractivity (Wildman–Crippen MR) is 110 cm³/mol. The first kappa shape index (κ1) is 21.1. The third kappa shape index (κ3) is 6.15. The van der Waals surface area contributed by atoms with Crippen molar-refractivity contribution in [3.8, 4) is 5.75 Å². The van der Waals surface area contributed by atoms with E-state index in [4.69, 9.17) is 4.74 Å². The first-order valence-corrected chi connectivity index (χ1v) is 9.84. The molecule has 0 radical (unpaired) electrons. The molecular weight excluding hydrogens is 340 g/mol. The van der Waals surface area contributed by atoms with Crippen molar-refractivity contribution in [3.05, 3.63) is 29.3 Å². The minimum Gasteiger partial charge on any atom is -0.496 e. The lowest BCUT2D eigenvalue weighted by Gasteiger charge is -2.34. The lowest BCUT2D eigenvalue weighted by molar-refractivity contribution is -0.135. The monoisotopic (exact) mass is 374 g/mol. The van der Waals surface area contributed by atoms with E-state index in [1.54, 1.807) is 14.2 Å². The molecule has 0 aliphatic carbocycles. The molecule has 1 aromatic rings. The molecule has 0 spiro atoms. The molecule has 1 aliphatic heterocycles. The summed E-state index contributed by atoms with van der Waals surface area (Å²) in [4.78, 5) is 18.4. The number of carbonyl (C=O) groups is 1. The molecule has 6 heteroatoms. The number of nitrogens with zero attached hydrogens (tertiary/aromatic N) is 2. The second-order valence-electron chi connectivity index (χ2n) is 7.45. The highest BCUT2D eigenvalue weighted by Crippen LogP contribution is 2.19. The topological polar surface area (TPSA) is 66.0 Å².